The molecule has 0 heterocycles. The minimum atomic E-state index is -0.964. The summed E-state index contributed by atoms with van der Waals surface area (Å²) < 4.78 is 20.7. The highest BCUT2D eigenvalue weighted by Gasteiger charge is 2.24. The average Bonchev–Trinajstić information content (AvgIpc) is 2.66. The molecule has 0 radical (unpaired) electrons. The average molecular weight is 382 g/mol. The van der Waals surface area contributed by atoms with Gasteiger partial charge in [0, 0.05) is 12.1 Å². The van der Waals surface area contributed by atoms with Crippen LogP contribution in [0.25, 0.3) is 0 Å². The van der Waals surface area contributed by atoms with Gasteiger partial charge in [0.05, 0.1) is 21.3 Å². The van der Waals surface area contributed by atoms with Crippen molar-refractivity contribution in [3.05, 3.63) is 17.7 Å². The molecule has 0 bridgehead atoms. The summed E-state index contributed by atoms with van der Waals surface area (Å²) in [6.07, 6.45) is -0.960. The lowest BCUT2D eigenvalue weighted by atomic mass is 10.1. The predicted octanol–water partition coefficient (Wildman–Crippen LogP) is 0.899. The van der Waals surface area contributed by atoms with Gasteiger partial charge in [-0.25, -0.2) is 4.79 Å². The molecule has 2 atom stereocenters. The Balaban J connectivity index is 2.86. The van der Waals surface area contributed by atoms with Crippen LogP contribution in [0.5, 0.6) is 17.2 Å². The van der Waals surface area contributed by atoms with Crippen molar-refractivity contribution in [3.8, 4) is 17.2 Å². The standard InChI is InChI=1S/C18H26N2O7/c1-7-19-16(21)11(3)27-18(23)10(2)20-17(22)12-8-13(24-4)15(26-6)14(9-12)25-5/h8-11H,7H2,1-6H3,(H,19,21)(H,20,22)/t10-,11-/m0/s1. The molecule has 0 aliphatic heterocycles. The number of hydrogen-bond donors (Lipinski definition) is 2. The number of carbonyl (C=O) groups excluding carboxylic acids is 3. The summed E-state index contributed by atoms with van der Waals surface area (Å²) in [5, 5.41) is 5.06. The van der Waals surface area contributed by atoms with Crippen LogP contribution in [0.2, 0.25) is 0 Å². The summed E-state index contributed by atoms with van der Waals surface area (Å²) in [5.41, 5.74) is 0.209. The van der Waals surface area contributed by atoms with Crippen LogP contribution in [0.15, 0.2) is 12.1 Å². The Hall–Kier alpha value is -2.97. The van der Waals surface area contributed by atoms with Gasteiger partial charge in [-0.3, -0.25) is 9.59 Å². The maximum absolute atomic E-state index is 12.5. The smallest absolute Gasteiger partial charge is 0.329 e. The highest BCUT2D eigenvalue weighted by Crippen LogP contribution is 2.38. The first kappa shape index (κ1) is 22.1. The number of rotatable bonds is 9. The normalized spacial score (nSPS) is 12.4. The second-order valence-corrected chi connectivity index (χ2v) is 5.58. The van der Waals surface area contributed by atoms with Gasteiger partial charge in [0.15, 0.2) is 17.6 Å². The SMILES string of the molecule is CCNC(=O)[C@H](C)OC(=O)[C@H](C)NC(=O)c1cc(OC)c(OC)c(OC)c1. The Morgan fingerprint density at radius 2 is 1.56 bits per heavy atom. The van der Waals surface area contributed by atoms with E-state index in [2.05, 4.69) is 10.6 Å². The van der Waals surface area contributed by atoms with Crippen LogP contribution >= 0.6 is 0 Å². The molecule has 9 heteroatoms. The number of amides is 2. The van der Waals surface area contributed by atoms with E-state index in [4.69, 9.17) is 18.9 Å². The molecule has 1 aromatic carbocycles. The minimum absolute atomic E-state index is 0.209. The quantitative estimate of drug-likeness (QED) is 0.610. The number of benzene rings is 1. The molecule has 0 fully saturated rings. The summed E-state index contributed by atoms with van der Waals surface area (Å²) in [6, 6.07) is 1.96. The minimum Gasteiger partial charge on any atom is -0.493 e. The van der Waals surface area contributed by atoms with E-state index in [0.29, 0.717) is 23.8 Å². The Morgan fingerprint density at radius 3 is 2.00 bits per heavy atom. The molecule has 150 valence electrons. The monoisotopic (exact) mass is 382 g/mol. The first-order valence-electron chi connectivity index (χ1n) is 8.38. The van der Waals surface area contributed by atoms with Crippen LogP contribution in [0.4, 0.5) is 0 Å². The van der Waals surface area contributed by atoms with Gasteiger partial charge in [0.1, 0.15) is 6.04 Å². The zero-order chi connectivity index (χ0) is 20.6. The van der Waals surface area contributed by atoms with Crippen molar-refractivity contribution in [1.29, 1.82) is 0 Å². The first-order chi connectivity index (χ1) is 12.8. The fraction of sp³-hybridized carbons (Fsp3) is 0.500. The van der Waals surface area contributed by atoms with Crippen LogP contribution < -0.4 is 24.8 Å². The van der Waals surface area contributed by atoms with Crippen molar-refractivity contribution in [2.75, 3.05) is 27.9 Å². The lowest BCUT2D eigenvalue weighted by Crippen LogP contribution is -2.43. The number of likely N-dealkylation sites (N-methyl/N-ethyl adjacent to an activating group) is 1. The van der Waals surface area contributed by atoms with Crippen LogP contribution in [0.1, 0.15) is 31.1 Å². The van der Waals surface area contributed by atoms with Gasteiger partial charge in [-0.05, 0) is 32.9 Å². The summed E-state index contributed by atoms with van der Waals surface area (Å²) in [6.45, 7) is 5.10. The molecule has 27 heavy (non-hydrogen) atoms. The summed E-state index contributed by atoms with van der Waals surface area (Å²) >= 11 is 0. The Bertz CT molecular complexity index is 665. The van der Waals surface area contributed by atoms with E-state index < -0.39 is 29.9 Å². The van der Waals surface area contributed by atoms with Crippen LogP contribution in [0, 0.1) is 0 Å². The fourth-order valence-corrected chi connectivity index (χ4v) is 2.20. The largest absolute Gasteiger partial charge is 0.493 e. The van der Waals surface area contributed by atoms with Gasteiger partial charge in [-0.15, -0.1) is 0 Å². The molecular weight excluding hydrogens is 356 g/mol. The maximum Gasteiger partial charge on any atom is 0.329 e. The highest BCUT2D eigenvalue weighted by molar-refractivity contribution is 5.98. The van der Waals surface area contributed by atoms with Gasteiger partial charge in [0.25, 0.3) is 11.8 Å². The van der Waals surface area contributed by atoms with Crippen LogP contribution in [0.3, 0.4) is 0 Å². The maximum atomic E-state index is 12.5. The zero-order valence-electron chi connectivity index (χ0n) is 16.4. The van der Waals surface area contributed by atoms with Crippen molar-refractivity contribution in [2.45, 2.75) is 32.9 Å². The molecule has 0 aromatic heterocycles. The molecule has 0 unspecified atom stereocenters. The highest BCUT2D eigenvalue weighted by atomic mass is 16.5. The third-order valence-corrected chi connectivity index (χ3v) is 3.64. The van der Waals surface area contributed by atoms with E-state index in [1.165, 1.54) is 47.3 Å². The third kappa shape index (κ3) is 5.77. The molecule has 0 saturated carbocycles. The first-order valence-corrected chi connectivity index (χ1v) is 8.38. The lowest BCUT2D eigenvalue weighted by Gasteiger charge is -2.18. The summed E-state index contributed by atoms with van der Waals surface area (Å²) in [7, 11) is 4.32. The molecular formula is C18H26N2O7. The number of carbonyl (C=O) groups is 3. The van der Waals surface area contributed by atoms with Gasteiger partial charge in [-0.2, -0.15) is 0 Å². The predicted molar refractivity (Wildman–Crippen MR) is 97.3 cm³/mol. The van der Waals surface area contributed by atoms with Crippen molar-refractivity contribution in [1.82, 2.24) is 10.6 Å². The van der Waals surface area contributed by atoms with Gasteiger partial charge in [-0.1, -0.05) is 0 Å². The number of ether oxygens (including phenoxy) is 4. The number of esters is 1. The third-order valence-electron chi connectivity index (χ3n) is 3.64. The molecule has 1 rings (SSSR count). The lowest BCUT2D eigenvalue weighted by molar-refractivity contribution is -0.156. The molecule has 1 aromatic rings. The van der Waals surface area contributed by atoms with Crippen molar-refractivity contribution >= 4 is 17.8 Å². The Labute approximate surface area is 158 Å². The van der Waals surface area contributed by atoms with E-state index in [0.717, 1.165) is 0 Å². The van der Waals surface area contributed by atoms with Gasteiger partial charge < -0.3 is 29.6 Å². The molecule has 0 saturated heterocycles. The van der Waals surface area contributed by atoms with Crippen molar-refractivity contribution in [2.24, 2.45) is 0 Å². The van der Waals surface area contributed by atoms with Gasteiger partial charge in [0.2, 0.25) is 5.75 Å². The van der Waals surface area contributed by atoms with Gasteiger partial charge >= 0.3 is 5.97 Å². The summed E-state index contributed by atoms with van der Waals surface area (Å²) in [5.74, 6) is -0.711. The van der Waals surface area contributed by atoms with E-state index in [1.54, 1.807) is 6.92 Å². The van der Waals surface area contributed by atoms with E-state index >= 15 is 0 Å². The van der Waals surface area contributed by atoms with E-state index in [9.17, 15) is 14.4 Å². The molecule has 9 nitrogen and oxygen atoms in total. The number of hydrogen-bond acceptors (Lipinski definition) is 7. The number of methoxy groups -OCH3 is 3. The molecule has 2 amide bonds. The molecule has 2 N–H and O–H groups in total. The summed E-state index contributed by atoms with van der Waals surface area (Å²) in [4.78, 5) is 36.2. The number of nitrogens with one attached hydrogen (secondary N) is 2. The Kier molecular flexibility index (Phi) is 8.37. The van der Waals surface area contributed by atoms with Crippen LogP contribution in [-0.2, 0) is 14.3 Å². The molecule has 0 spiro atoms. The second-order valence-electron chi connectivity index (χ2n) is 5.58. The second kappa shape index (κ2) is 10.2. The molecule has 0 aliphatic carbocycles. The zero-order valence-corrected chi connectivity index (χ0v) is 16.4. The van der Waals surface area contributed by atoms with Crippen molar-refractivity contribution in [3.63, 3.8) is 0 Å². The van der Waals surface area contributed by atoms with E-state index in [-0.39, 0.29) is 5.56 Å². The topological polar surface area (TPSA) is 112 Å². The molecule has 0 aliphatic rings. The van der Waals surface area contributed by atoms with Crippen molar-refractivity contribution < 1.29 is 33.3 Å². The Morgan fingerprint density at radius 1 is 1.00 bits per heavy atom. The van der Waals surface area contributed by atoms with E-state index in [1.807, 2.05) is 0 Å². The fourth-order valence-electron chi connectivity index (χ4n) is 2.20. The van der Waals surface area contributed by atoms with Crippen LogP contribution in [-0.4, -0.2) is 57.8 Å².